The number of hydrogen-bond donors (Lipinski definition) is 0. The van der Waals surface area contributed by atoms with E-state index in [1.54, 1.807) is 12.4 Å². The molecule has 0 spiro atoms. The van der Waals surface area contributed by atoms with Crippen molar-refractivity contribution in [1.82, 2.24) is 25.0 Å². The van der Waals surface area contributed by atoms with E-state index in [-0.39, 0.29) is 12.0 Å². The van der Waals surface area contributed by atoms with E-state index in [0.29, 0.717) is 11.8 Å². The van der Waals surface area contributed by atoms with E-state index in [1.165, 1.54) is 5.56 Å². The Morgan fingerprint density at radius 2 is 1.82 bits per heavy atom. The molecule has 1 amide bonds. The number of pyridine rings is 1. The highest BCUT2D eigenvalue weighted by Gasteiger charge is 2.31. The lowest BCUT2D eigenvalue weighted by molar-refractivity contribution is -0.139. The van der Waals surface area contributed by atoms with Gasteiger partial charge in [-0.15, -0.1) is 0 Å². The van der Waals surface area contributed by atoms with E-state index < -0.39 is 0 Å². The van der Waals surface area contributed by atoms with Crippen LogP contribution in [0.5, 0.6) is 5.88 Å². The first-order valence-corrected chi connectivity index (χ1v) is 10.1. The van der Waals surface area contributed by atoms with Crippen molar-refractivity contribution in [3.63, 3.8) is 0 Å². The molecule has 28 heavy (non-hydrogen) atoms. The van der Waals surface area contributed by atoms with E-state index >= 15 is 0 Å². The first-order valence-electron chi connectivity index (χ1n) is 10.1. The number of carbonyl (C=O) groups excluding carboxylic acids is 1. The zero-order valence-electron chi connectivity index (χ0n) is 16.1. The van der Waals surface area contributed by atoms with Gasteiger partial charge in [-0.25, -0.2) is 4.98 Å². The van der Waals surface area contributed by atoms with E-state index in [4.69, 9.17) is 4.74 Å². The molecule has 7 heteroatoms. The van der Waals surface area contributed by atoms with Gasteiger partial charge in [-0.2, -0.15) is 10.2 Å². The van der Waals surface area contributed by atoms with Crippen molar-refractivity contribution in [1.29, 1.82) is 0 Å². The highest BCUT2D eigenvalue weighted by molar-refractivity contribution is 5.79. The second-order valence-corrected chi connectivity index (χ2v) is 7.61. The lowest BCUT2D eigenvalue weighted by Gasteiger charge is -2.37. The second kappa shape index (κ2) is 9.10. The Morgan fingerprint density at radius 3 is 2.50 bits per heavy atom. The van der Waals surface area contributed by atoms with E-state index in [1.807, 2.05) is 35.4 Å². The molecule has 0 atom stereocenters. The molecule has 0 unspecified atom stereocenters. The topological polar surface area (TPSA) is 71.5 Å². The van der Waals surface area contributed by atoms with Gasteiger partial charge in [-0.3, -0.25) is 9.69 Å². The van der Waals surface area contributed by atoms with Crippen LogP contribution in [0.3, 0.4) is 0 Å². The zero-order valence-corrected chi connectivity index (χ0v) is 16.1. The van der Waals surface area contributed by atoms with Crippen molar-refractivity contribution >= 4 is 5.91 Å². The second-order valence-electron chi connectivity index (χ2n) is 7.61. The van der Waals surface area contributed by atoms with E-state index in [0.717, 1.165) is 58.4 Å². The van der Waals surface area contributed by atoms with Crippen LogP contribution in [-0.4, -0.2) is 63.2 Å². The summed E-state index contributed by atoms with van der Waals surface area (Å²) in [5.41, 5.74) is 1.18. The van der Waals surface area contributed by atoms with Crippen LogP contribution in [-0.2, 0) is 11.3 Å². The van der Waals surface area contributed by atoms with Gasteiger partial charge < -0.3 is 9.64 Å². The zero-order chi connectivity index (χ0) is 19.2. The van der Waals surface area contributed by atoms with Crippen molar-refractivity contribution in [2.24, 2.45) is 5.92 Å². The van der Waals surface area contributed by atoms with Crippen LogP contribution in [0.2, 0.25) is 0 Å². The molecule has 0 saturated carbocycles. The lowest BCUT2D eigenvalue weighted by Crippen LogP contribution is -2.47. The molecule has 2 fully saturated rings. The van der Waals surface area contributed by atoms with Gasteiger partial charge in [0.15, 0.2) is 0 Å². The summed E-state index contributed by atoms with van der Waals surface area (Å²) >= 11 is 0. The van der Waals surface area contributed by atoms with Crippen molar-refractivity contribution in [2.75, 3.05) is 26.2 Å². The number of ether oxygens (including phenoxy) is 1. The Labute approximate surface area is 165 Å². The number of likely N-dealkylation sites (tertiary alicyclic amines) is 2. The molecular formula is C21H27N5O2. The average Bonchev–Trinajstić information content (AvgIpc) is 2.76. The molecule has 2 aliphatic heterocycles. The molecule has 148 valence electrons. The fourth-order valence-corrected chi connectivity index (χ4v) is 4.05. The Hall–Kier alpha value is -2.54. The lowest BCUT2D eigenvalue weighted by atomic mass is 9.94. The quantitative estimate of drug-likeness (QED) is 0.790. The van der Waals surface area contributed by atoms with Gasteiger partial charge in [0.25, 0.3) is 0 Å². The van der Waals surface area contributed by atoms with Crippen molar-refractivity contribution < 1.29 is 9.53 Å². The van der Waals surface area contributed by atoms with E-state index in [9.17, 15) is 4.79 Å². The summed E-state index contributed by atoms with van der Waals surface area (Å²) in [4.78, 5) is 21.6. The summed E-state index contributed by atoms with van der Waals surface area (Å²) in [6.07, 6.45) is 9.04. The molecule has 2 aromatic heterocycles. The molecular weight excluding hydrogens is 354 g/mol. The number of amides is 1. The van der Waals surface area contributed by atoms with Gasteiger partial charge >= 0.3 is 0 Å². The molecule has 0 bridgehead atoms. The fraction of sp³-hybridized carbons (Fsp3) is 0.524. The van der Waals surface area contributed by atoms with E-state index in [2.05, 4.69) is 20.1 Å². The standard InChI is InChI=1S/C21H27N5O2/c27-21(18-5-11-25(12-6-18)16-17-4-10-23-24-15-17)26-13-7-19(8-14-26)28-20-3-1-2-9-22-20/h1-4,9-10,15,18-19H,5-8,11-14,16H2. The summed E-state index contributed by atoms with van der Waals surface area (Å²) in [6, 6.07) is 7.70. The monoisotopic (exact) mass is 381 g/mol. The fourth-order valence-electron chi connectivity index (χ4n) is 4.05. The maximum absolute atomic E-state index is 12.9. The average molecular weight is 381 g/mol. The van der Waals surface area contributed by atoms with Gasteiger partial charge in [-0.1, -0.05) is 6.07 Å². The first kappa shape index (κ1) is 18.8. The van der Waals surface area contributed by atoms with Gasteiger partial charge in [-0.05, 0) is 43.6 Å². The number of piperidine rings is 2. The molecule has 2 saturated heterocycles. The highest BCUT2D eigenvalue weighted by atomic mass is 16.5. The van der Waals surface area contributed by atoms with Crippen molar-refractivity contribution in [3.8, 4) is 5.88 Å². The van der Waals surface area contributed by atoms with Crippen molar-refractivity contribution in [3.05, 3.63) is 48.4 Å². The Kier molecular flexibility index (Phi) is 6.11. The number of nitrogens with zero attached hydrogens (tertiary/aromatic N) is 5. The third-order valence-electron chi connectivity index (χ3n) is 5.67. The predicted molar refractivity (Wildman–Crippen MR) is 105 cm³/mol. The summed E-state index contributed by atoms with van der Waals surface area (Å²) in [6.45, 7) is 4.35. The van der Waals surface area contributed by atoms with Crippen LogP contribution in [0.15, 0.2) is 42.9 Å². The minimum atomic E-state index is 0.148. The highest BCUT2D eigenvalue weighted by Crippen LogP contribution is 2.24. The molecule has 4 rings (SSSR count). The summed E-state index contributed by atoms with van der Waals surface area (Å²) < 4.78 is 5.93. The SMILES string of the molecule is O=C(C1CCN(Cc2ccnnc2)CC1)N1CCC(Oc2ccccn2)CC1. The normalized spacial score (nSPS) is 19.5. The van der Waals surface area contributed by atoms with Crippen LogP contribution in [0, 0.1) is 5.92 Å². The molecule has 4 heterocycles. The summed E-state index contributed by atoms with van der Waals surface area (Å²) in [5, 5.41) is 7.76. The van der Waals surface area contributed by atoms with Gasteiger partial charge in [0, 0.05) is 56.9 Å². The third kappa shape index (κ3) is 4.84. The van der Waals surface area contributed by atoms with Crippen LogP contribution in [0.4, 0.5) is 0 Å². The van der Waals surface area contributed by atoms with Gasteiger partial charge in [0.2, 0.25) is 11.8 Å². The summed E-state index contributed by atoms with van der Waals surface area (Å²) in [5.74, 6) is 1.14. The molecule has 2 aliphatic rings. The van der Waals surface area contributed by atoms with Crippen LogP contribution < -0.4 is 4.74 Å². The molecule has 0 aromatic carbocycles. The molecule has 0 radical (unpaired) electrons. The smallest absolute Gasteiger partial charge is 0.225 e. The minimum Gasteiger partial charge on any atom is -0.474 e. The first-order chi connectivity index (χ1) is 13.8. The van der Waals surface area contributed by atoms with Gasteiger partial charge in [0.05, 0.1) is 6.20 Å². The Bertz CT molecular complexity index is 678. The number of carbonyl (C=O) groups is 1. The minimum absolute atomic E-state index is 0.148. The van der Waals surface area contributed by atoms with Crippen molar-refractivity contribution in [2.45, 2.75) is 38.3 Å². The van der Waals surface area contributed by atoms with Crippen LogP contribution in [0.1, 0.15) is 31.2 Å². The number of rotatable bonds is 5. The molecule has 2 aromatic rings. The summed E-state index contributed by atoms with van der Waals surface area (Å²) in [7, 11) is 0. The molecule has 0 N–H and O–H groups in total. The predicted octanol–water partition coefficient (Wildman–Crippen LogP) is 2.15. The third-order valence-corrected chi connectivity index (χ3v) is 5.67. The molecule has 0 aliphatic carbocycles. The van der Waals surface area contributed by atoms with Gasteiger partial charge in [0.1, 0.15) is 6.10 Å². The van der Waals surface area contributed by atoms with Crippen LogP contribution in [0.25, 0.3) is 0 Å². The maximum Gasteiger partial charge on any atom is 0.225 e. The maximum atomic E-state index is 12.9. The Balaban J connectivity index is 1.20. The largest absolute Gasteiger partial charge is 0.474 e. The molecule has 7 nitrogen and oxygen atoms in total. The number of aromatic nitrogens is 3. The Morgan fingerprint density at radius 1 is 1.00 bits per heavy atom. The van der Waals surface area contributed by atoms with Crippen LogP contribution >= 0.6 is 0 Å². The number of hydrogen-bond acceptors (Lipinski definition) is 6.